The van der Waals surface area contributed by atoms with Crippen molar-refractivity contribution in [2.24, 2.45) is 0 Å². The average molecular weight is 556 g/mol. The zero-order valence-electron chi connectivity index (χ0n) is 23.7. The number of carbonyl (C=O) groups excluding carboxylic acids is 1. The molecule has 5 rings (SSSR count). The molecule has 2 aliphatic heterocycles. The van der Waals surface area contributed by atoms with Crippen molar-refractivity contribution in [3.05, 3.63) is 57.7 Å². The summed E-state index contributed by atoms with van der Waals surface area (Å²) in [6, 6.07) is 8.52. The molecule has 0 radical (unpaired) electrons. The molecule has 2 aromatic heterocycles. The number of fused-ring (bicyclic) bond motifs is 1. The van der Waals surface area contributed by atoms with Crippen molar-refractivity contribution in [3.8, 4) is 5.75 Å². The van der Waals surface area contributed by atoms with Gasteiger partial charge in [-0.3, -0.25) is 0 Å². The lowest BCUT2D eigenvalue weighted by Crippen LogP contribution is -2.65. The van der Waals surface area contributed by atoms with E-state index in [1.807, 2.05) is 13.0 Å². The number of aryl methyl sites for hydroxylation is 2. The predicted octanol–water partition coefficient (Wildman–Crippen LogP) is 2.60. The number of nitrogens with zero attached hydrogens (tertiary/aromatic N) is 2. The maximum atomic E-state index is 12.9. The normalized spacial score (nSPS) is 25.2. The van der Waals surface area contributed by atoms with Gasteiger partial charge in [-0.25, -0.2) is 9.59 Å². The zero-order valence-corrected chi connectivity index (χ0v) is 23.7. The zero-order chi connectivity index (χ0) is 28.8. The Morgan fingerprint density at radius 1 is 1.12 bits per heavy atom. The fourth-order valence-corrected chi connectivity index (χ4v) is 5.51. The first-order valence-corrected chi connectivity index (χ1v) is 13.4. The minimum absolute atomic E-state index is 0.262. The number of anilines is 1. The number of benzene rings is 1. The van der Waals surface area contributed by atoms with Crippen molar-refractivity contribution in [2.45, 2.75) is 57.9 Å². The van der Waals surface area contributed by atoms with E-state index in [1.165, 1.54) is 13.2 Å². The molecule has 4 heterocycles. The first-order chi connectivity index (χ1) is 19.0. The van der Waals surface area contributed by atoms with Crippen LogP contribution in [-0.2, 0) is 14.2 Å². The summed E-state index contributed by atoms with van der Waals surface area (Å²) in [5, 5.41) is 12.1. The summed E-state index contributed by atoms with van der Waals surface area (Å²) in [5.74, 6) is -0.261. The second kappa shape index (κ2) is 10.9. The van der Waals surface area contributed by atoms with Gasteiger partial charge < -0.3 is 43.3 Å². The predicted molar refractivity (Wildman–Crippen MR) is 148 cm³/mol. The van der Waals surface area contributed by atoms with Crippen molar-refractivity contribution < 1.29 is 33.3 Å². The summed E-state index contributed by atoms with van der Waals surface area (Å²) in [4.78, 5) is 32.8. The van der Waals surface area contributed by atoms with Crippen LogP contribution in [0.25, 0.3) is 11.0 Å². The average Bonchev–Trinajstić information content (AvgIpc) is 3.35. The van der Waals surface area contributed by atoms with E-state index < -0.39 is 41.8 Å². The number of carbonyl (C=O) groups is 1. The smallest absolute Gasteiger partial charge is 0.355 e. The molecule has 0 unspecified atom stereocenters. The van der Waals surface area contributed by atoms with Gasteiger partial charge >= 0.3 is 11.6 Å². The van der Waals surface area contributed by atoms with Gasteiger partial charge in [0.05, 0.1) is 11.3 Å². The van der Waals surface area contributed by atoms with Gasteiger partial charge in [0, 0.05) is 56.0 Å². The number of aromatic amines is 1. The van der Waals surface area contributed by atoms with Crippen LogP contribution in [0.5, 0.6) is 5.75 Å². The lowest BCUT2D eigenvalue weighted by atomic mass is 9.89. The molecule has 2 aliphatic rings. The molecule has 11 heteroatoms. The van der Waals surface area contributed by atoms with Gasteiger partial charge in [0.1, 0.15) is 23.1 Å². The van der Waals surface area contributed by atoms with Crippen molar-refractivity contribution in [3.63, 3.8) is 0 Å². The Hall–Kier alpha value is -3.38. The Labute approximate surface area is 232 Å². The minimum Gasteiger partial charge on any atom is -0.462 e. The van der Waals surface area contributed by atoms with Crippen molar-refractivity contribution >= 4 is 22.6 Å². The lowest BCUT2D eigenvalue weighted by molar-refractivity contribution is -0.305. The second-order valence-electron chi connectivity index (χ2n) is 11.1. The quantitative estimate of drug-likeness (QED) is 0.346. The van der Waals surface area contributed by atoms with Crippen LogP contribution in [0.4, 0.5) is 5.69 Å². The highest BCUT2D eigenvalue weighted by Crippen LogP contribution is 2.37. The summed E-state index contributed by atoms with van der Waals surface area (Å²) in [6.45, 7) is 10.6. The topological polar surface area (TPSA) is 127 Å². The number of hydrogen-bond acceptors (Lipinski definition) is 10. The van der Waals surface area contributed by atoms with Crippen LogP contribution in [0.15, 0.2) is 39.5 Å². The van der Waals surface area contributed by atoms with E-state index in [-0.39, 0.29) is 5.69 Å². The second-order valence-corrected chi connectivity index (χ2v) is 11.1. The number of esters is 1. The fourth-order valence-electron chi connectivity index (χ4n) is 5.51. The molecular weight excluding hydrogens is 518 g/mol. The van der Waals surface area contributed by atoms with E-state index in [0.29, 0.717) is 16.9 Å². The standard InChI is InChI=1S/C29H37N3O8/c1-16-7-9-19(30-16)27(35)39-25-23(34)28(40-29(3,4)26(25)36-6)37-21-10-8-18-20(32-13-11-31(5)12-14-32)15-22(33)38-24(18)17(21)2/h7-10,15,23,25-26,28,30,34H,11-14H2,1-6H3/t23-,25-,26-,28+/m1/s1. The number of aromatic nitrogens is 1. The van der Waals surface area contributed by atoms with Gasteiger partial charge in [0.2, 0.25) is 6.29 Å². The van der Waals surface area contributed by atoms with Crippen molar-refractivity contribution in [1.29, 1.82) is 0 Å². The van der Waals surface area contributed by atoms with E-state index in [4.69, 9.17) is 23.4 Å². The highest BCUT2D eigenvalue weighted by atomic mass is 16.7. The molecule has 2 saturated heterocycles. The number of likely N-dealkylation sites (N-methyl/N-ethyl adjacent to an activating group) is 1. The first kappa shape index (κ1) is 28.2. The Morgan fingerprint density at radius 2 is 1.85 bits per heavy atom. The summed E-state index contributed by atoms with van der Waals surface area (Å²) in [5.41, 5.74) is 1.44. The molecule has 4 atom stereocenters. The van der Waals surface area contributed by atoms with E-state index in [1.54, 1.807) is 39.0 Å². The summed E-state index contributed by atoms with van der Waals surface area (Å²) in [6.07, 6.45) is -4.44. The van der Waals surface area contributed by atoms with E-state index >= 15 is 0 Å². The van der Waals surface area contributed by atoms with Gasteiger partial charge in [-0.2, -0.15) is 0 Å². The van der Waals surface area contributed by atoms with Gasteiger partial charge in [0.25, 0.3) is 0 Å². The highest BCUT2D eigenvalue weighted by Gasteiger charge is 2.53. The van der Waals surface area contributed by atoms with E-state index in [2.05, 4.69) is 21.8 Å². The van der Waals surface area contributed by atoms with Crippen molar-refractivity contribution in [1.82, 2.24) is 9.88 Å². The fraction of sp³-hybridized carbons (Fsp3) is 0.517. The number of methoxy groups -OCH3 is 1. The molecule has 3 aromatic rings. The van der Waals surface area contributed by atoms with Crippen LogP contribution < -0.4 is 15.3 Å². The minimum atomic E-state index is -1.38. The largest absolute Gasteiger partial charge is 0.462 e. The van der Waals surface area contributed by atoms with Gasteiger partial charge in [-0.05, 0) is 59.0 Å². The first-order valence-electron chi connectivity index (χ1n) is 13.4. The monoisotopic (exact) mass is 555 g/mol. The molecule has 0 aliphatic carbocycles. The number of aliphatic hydroxyl groups excluding tert-OH is 1. The summed E-state index contributed by atoms with van der Waals surface area (Å²) in [7, 11) is 3.55. The van der Waals surface area contributed by atoms with Crippen LogP contribution >= 0.6 is 0 Å². The number of rotatable bonds is 6. The van der Waals surface area contributed by atoms with Crippen LogP contribution in [0.2, 0.25) is 0 Å². The summed E-state index contributed by atoms with van der Waals surface area (Å²) >= 11 is 0. The van der Waals surface area contributed by atoms with Gasteiger partial charge in [-0.1, -0.05) is 0 Å². The molecule has 1 aromatic carbocycles. The Morgan fingerprint density at radius 3 is 2.50 bits per heavy atom. The molecule has 216 valence electrons. The molecule has 0 spiro atoms. The Kier molecular flexibility index (Phi) is 7.66. The molecule has 0 amide bonds. The van der Waals surface area contributed by atoms with Crippen LogP contribution in [0.3, 0.4) is 0 Å². The van der Waals surface area contributed by atoms with Gasteiger partial charge in [0.15, 0.2) is 12.2 Å². The molecular formula is C29H37N3O8. The number of nitrogens with one attached hydrogen (secondary N) is 1. The molecule has 2 N–H and O–H groups in total. The van der Waals surface area contributed by atoms with Gasteiger partial charge in [-0.15, -0.1) is 0 Å². The Balaban J connectivity index is 1.44. The van der Waals surface area contributed by atoms with E-state index in [9.17, 15) is 14.7 Å². The maximum Gasteiger partial charge on any atom is 0.355 e. The van der Waals surface area contributed by atoms with Crippen LogP contribution in [-0.4, -0.2) is 91.5 Å². The number of aliphatic hydroxyl groups is 1. The Bertz CT molecular complexity index is 1440. The van der Waals surface area contributed by atoms with E-state index in [0.717, 1.165) is 42.9 Å². The molecule has 0 bridgehead atoms. The third kappa shape index (κ3) is 5.34. The van der Waals surface area contributed by atoms with Crippen LogP contribution in [0.1, 0.15) is 35.6 Å². The third-order valence-electron chi connectivity index (χ3n) is 7.74. The number of H-pyrrole nitrogens is 1. The van der Waals surface area contributed by atoms with Crippen LogP contribution in [0, 0.1) is 13.8 Å². The number of hydrogen-bond donors (Lipinski definition) is 2. The molecule has 2 fully saturated rings. The number of ether oxygens (including phenoxy) is 4. The third-order valence-corrected chi connectivity index (χ3v) is 7.74. The highest BCUT2D eigenvalue weighted by molar-refractivity contribution is 5.93. The SMILES string of the molecule is CO[C@@H]1[C@H](OC(=O)c2ccc(C)[nH]2)[C@@H](O)[C@@H](Oc2ccc3c(N4CCN(C)CC4)cc(=O)oc3c2C)OC1(C)C. The molecule has 40 heavy (non-hydrogen) atoms. The summed E-state index contributed by atoms with van der Waals surface area (Å²) < 4.78 is 29.3. The molecule has 11 nitrogen and oxygen atoms in total. The molecule has 0 saturated carbocycles. The maximum absolute atomic E-state index is 12.9. The number of piperazine rings is 1. The lowest BCUT2D eigenvalue weighted by Gasteiger charge is -2.47. The van der Waals surface area contributed by atoms with Crippen molar-refractivity contribution in [2.75, 3.05) is 45.2 Å².